The Hall–Kier alpha value is -1.09. The van der Waals surface area contributed by atoms with E-state index in [9.17, 15) is 18.4 Å². The van der Waals surface area contributed by atoms with Crippen LogP contribution in [0, 0.1) is 0 Å². The molecule has 0 spiro atoms. The third kappa shape index (κ3) is 10.5. The summed E-state index contributed by atoms with van der Waals surface area (Å²) in [6.07, 6.45) is -0.401. The van der Waals surface area contributed by atoms with Crippen LogP contribution in [0.2, 0.25) is 0 Å². The average Bonchev–Trinajstić information content (AvgIpc) is 2.33. The van der Waals surface area contributed by atoms with Gasteiger partial charge in [0.2, 0.25) is 0 Å². The number of hydrogen-bond acceptors (Lipinski definition) is 4. The zero-order valence-electron chi connectivity index (χ0n) is 10.5. The lowest BCUT2D eigenvalue weighted by molar-refractivity contribution is -0.139. The van der Waals surface area contributed by atoms with Crippen molar-refractivity contribution in [3.8, 4) is 0 Å². The normalized spacial score (nSPS) is 12.2. The standard InChI is InChI=1S/C10H18F2N2O4S/c1-19-5-2-7(9(15)16)14-10(17)13-3-4-18-6-8(11)12/h7-8H,2-6H2,1H3,(H,15,16)(H2,13,14,17). The van der Waals surface area contributed by atoms with Crippen LogP contribution >= 0.6 is 11.8 Å². The molecule has 0 aliphatic heterocycles. The van der Waals surface area contributed by atoms with Crippen LogP contribution in [-0.4, -0.2) is 61.3 Å². The van der Waals surface area contributed by atoms with E-state index in [1.165, 1.54) is 11.8 Å². The summed E-state index contributed by atoms with van der Waals surface area (Å²) in [4.78, 5) is 22.2. The maximum Gasteiger partial charge on any atom is 0.326 e. The first-order chi connectivity index (χ1) is 8.97. The summed E-state index contributed by atoms with van der Waals surface area (Å²) < 4.78 is 28.0. The number of rotatable bonds is 10. The number of carboxylic acids is 1. The largest absolute Gasteiger partial charge is 0.480 e. The van der Waals surface area contributed by atoms with Crippen molar-refractivity contribution in [2.75, 3.05) is 31.8 Å². The lowest BCUT2D eigenvalue weighted by Crippen LogP contribution is -2.47. The van der Waals surface area contributed by atoms with Crippen molar-refractivity contribution >= 4 is 23.8 Å². The number of carbonyl (C=O) groups is 2. The molecule has 0 aromatic carbocycles. The van der Waals surface area contributed by atoms with Gasteiger partial charge in [0.15, 0.2) is 0 Å². The zero-order chi connectivity index (χ0) is 14.7. The molecule has 0 aromatic rings. The fourth-order valence-electron chi connectivity index (χ4n) is 1.11. The van der Waals surface area contributed by atoms with Crippen molar-refractivity contribution < 1.29 is 28.2 Å². The first kappa shape index (κ1) is 17.9. The quantitative estimate of drug-likeness (QED) is 0.519. The number of halogens is 2. The first-order valence-corrected chi connectivity index (χ1v) is 6.98. The van der Waals surface area contributed by atoms with E-state index in [2.05, 4.69) is 15.4 Å². The van der Waals surface area contributed by atoms with Gasteiger partial charge >= 0.3 is 12.0 Å². The fourth-order valence-corrected chi connectivity index (χ4v) is 1.58. The van der Waals surface area contributed by atoms with Crippen LogP contribution in [0.3, 0.4) is 0 Å². The molecule has 0 aliphatic rings. The number of thioether (sulfide) groups is 1. The highest BCUT2D eigenvalue weighted by atomic mass is 32.2. The van der Waals surface area contributed by atoms with Crippen LogP contribution in [0.1, 0.15) is 6.42 Å². The van der Waals surface area contributed by atoms with Crippen LogP contribution in [0.15, 0.2) is 0 Å². The topological polar surface area (TPSA) is 87.7 Å². The molecule has 0 rings (SSSR count). The molecule has 1 atom stereocenters. The SMILES string of the molecule is CSCCC(NC(=O)NCCOCC(F)F)C(=O)O. The average molecular weight is 300 g/mol. The van der Waals surface area contributed by atoms with Crippen molar-refractivity contribution in [2.45, 2.75) is 18.9 Å². The van der Waals surface area contributed by atoms with Gasteiger partial charge in [0, 0.05) is 6.54 Å². The smallest absolute Gasteiger partial charge is 0.326 e. The summed E-state index contributed by atoms with van der Waals surface area (Å²) in [5, 5.41) is 13.5. The van der Waals surface area contributed by atoms with Crippen molar-refractivity contribution in [1.82, 2.24) is 10.6 Å². The molecule has 112 valence electrons. The second-order valence-corrected chi connectivity index (χ2v) is 4.52. The van der Waals surface area contributed by atoms with E-state index >= 15 is 0 Å². The predicted octanol–water partition coefficient (Wildman–Crippen LogP) is 0.774. The van der Waals surface area contributed by atoms with Gasteiger partial charge in [0.25, 0.3) is 6.43 Å². The number of carbonyl (C=O) groups excluding carboxylic acids is 1. The van der Waals surface area contributed by atoms with Gasteiger partial charge in [-0.2, -0.15) is 11.8 Å². The summed E-state index contributed by atoms with van der Waals surface area (Å²) in [7, 11) is 0. The van der Waals surface area contributed by atoms with Crippen LogP contribution in [0.4, 0.5) is 13.6 Å². The van der Waals surface area contributed by atoms with Crippen LogP contribution in [-0.2, 0) is 9.53 Å². The second-order valence-electron chi connectivity index (χ2n) is 3.54. The van der Waals surface area contributed by atoms with Gasteiger partial charge in [-0.3, -0.25) is 0 Å². The maximum absolute atomic E-state index is 11.7. The van der Waals surface area contributed by atoms with Crippen LogP contribution < -0.4 is 10.6 Å². The van der Waals surface area contributed by atoms with Crippen LogP contribution in [0.25, 0.3) is 0 Å². The van der Waals surface area contributed by atoms with Gasteiger partial charge in [0.05, 0.1) is 6.61 Å². The molecule has 0 saturated heterocycles. The number of ether oxygens (including phenoxy) is 1. The molecule has 6 nitrogen and oxygen atoms in total. The molecule has 0 aliphatic carbocycles. The highest BCUT2D eigenvalue weighted by Gasteiger charge is 2.18. The molecule has 2 amide bonds. The van der Waals surface area contributed by atoms with Gasteiger partial charge in [0.1, 0.15) is 12.6 Å². The summed E-state index contributed by atoms with van der Waals surface area (Å²) >= 11 is 1.48. The molecule has 9 heteroatoms. The monoisotopic (exact) mass is 300 g/mol. The minimum absolute atomic E-state index is 0.0351. The Balaban J connectivity index is 3.77. The van der Waals surface area contributed by atoms with Crippen molar-refractivity contribution in [3.05, 3.63) is 0 Å². The molecular formula is C10H18F2N2O4S. The minimum Gasteiger partial charge on any atom is -0.480 e. The van der Waals surface area contributed by atoms with E-state index in [-0.39, 0.29) is 13.2 Å². The molecule has 0 fully saturated rings. The van der Waals surface area contributed by atoms with E-state index < -0.39 is 31.1 Å². The van der Waals surface area contributed by atoms with E-state index in [0.717, 1.165) is 0 Å². The Bertz CT molecular complexity index is 282. The molecule has 0 heterocycles. The van der Waals surface area contributed by atoms with E-state index in [0.29, 0.717) is 12.2 Å². The van der Waals surface area contributed by atoms with E-state index in [1.807, 2.05) is 6.26 Å². The summed E-state index contributed by atoms with van der Waals surface area (Å²) in [5.74, 6) is -0.507. The number of carboxylic acid groups (broad SMARTS) is 1. The molecule has 0 saturated carbocycles. The highest BCUT2D eigenvalue weighted by Crippen LogP contribution is 2.00. The fraction of sp³-hybridized carbons (Fsp3) is 0.800. The van der Waals surface area contributed by atoms with Crippen LogP contribution in [0.5, 0.6) is 0 Å². The number of hydrogen-bond donors (Lipinski definition) is 3. The molecular weight excluding hydrogens is 282 g/mol. The van der Waals surface area contributed by atoms with Crippen molar-refractivity contribution in [3.63, 3.8) is 0 Å². The molecule has 0 aromatic heterocycles. The van der Waals surface area contributed by atoms with Gasteiger partial charge in [-0.25, -0.2) is 18.4 Å². The second kappa shape index (κ2) is 10.8. The Kier molecular flexibility index (Phi) is 10.2. The number of amides is 2. The van der Waals surface area contributed by atoms with Crippen molar-refractivity contribution in [1.29, 1.82) is 0 Å². The molecule has 3 N–H and O–H groups in total. The maximum atomic E-state index is 11.7. The Labute approximate surface area is 114 Å². The third-order valence-electron chi connectivity index (χ3n) is 1.99. The van der Waals surface area contributed by atoms with Gasteiger partial charge in [-0.05, 0) is 18.4 Å². The summed E-state index contributed by atoms with van der Waals surface area (Å²) in [6.45, 7) is -0.706. The van der Waals surface area contributed by atoms with Gasteiger partial charge in [-0.15, -0.1) is 0 Å². The Morgan fingerprint density at radius 3 is 2.63 bits per heavy atom. The molecule has 1 unspecified atom stereocenters. The lowest BCUT2D eigenvalue weighted by Gasteiger charge is -2.14. The zero-order valence-corrected chi connectivity index (χ0v) is 11.3. The first-order valence-electron chi connectivity index (χ1n) is 5.59. The third-order valence-corrected chi connectivity index (χ3v) is 2.63. The highest BCUT2D eigenvalue weighted by molar-refractivity contribution is 7.98. The minimum atomic E-state index is -2.54. The molecule has 0 radical (unpaired) electrons. The van der Waals surface area contributed by atoms with E-state index in [4.69, 9.17) is 5.11 Å². The predicted molar refractivity (Wildman–Crippen MR) is 67.8 cm³/mol. The number of urea groups is 1. The van der Waals surface area contributed by atoms with Crippen molar-refractivity contribution in [2.24, 2.45) is 0 Å². The number of nitrogens with one attached hydrogen (secondary N) is 2. The Morgan fingerprint density at radius 2 is 2.11 bits per heavy atom. The summed E-state index contributed by atoms with van der Waals surface area (Å²) in [5.41, 5.74) is 0. The van der Waals surface area contributed by atoms with Gasteiger partial charge in [-0.1, -0.05) is 0 Å². The van der Waals surface area contributed by atoms with E-state index in [1.54, 1.807) is 0 Å². The number of aliphatic carboxylic acids is 1. The summed E-state index contributed by atoms with van der Waals surface area (Å²) in [6, 6.07) is -1.62. The van der Waals surface area contributed by atoms with Gasteiger partial charge < -0.3 is 20.5 Å². The Morgan fingerprint density at radius 1 is 1.42 bits per heavy atom. The lowest BCUT2D eigenvalue weighted by atomic mass is 10.2. The molecule has 0 bridgehead atoms. The number of alkyl halides is 2. The molecule has 19 heavy (non-hydrogen) atoms.